The summed E-state index contributed by atoms with van der Waals surface area (Å²) in [6, 6.07) is 25.3. The van der Waals surface area contributed by atoms with E-state index in [1.807, 2.05) is 95.8 Å². The fourth-order valence-corrected chi connectivity index (χ4v) is 5.29. The third-order valence-electron chi connectivity index (χ3n) is 6.67. The highest BCUT2D eigenvalue weighted by atomic mass is 32.1. The van der Waals surface area contributed by atoms with Gasteiger partial charge in [0.1, 0.15) is 17.2 Å². The second-order valence-corrected chi connectivity index (χ2v) is 11.1. The van der Waals surface area contributed by atoms with E-state index in [1.54, 1.807) is 7.11 Å². The number of benzene rings is 3. The molecule has 0 saturated carbocycles. The van der Waals surface area contributed by atoms with Crippen LogP contribution >= 0.6 is 11.3 Å². The minimum absolute atomic E-state index is 0.218. The van der Waals surface area contributed by atoms with Gasteiger partial charge < -0.3 is 9.47 Å². The highest BCUT2D eigenvalue weighted by Crippen LogP contribution is 2.27. The molecule has 0 bridgehead atoms. The van der Waals surface area contributed by atoms with E-state index >= 15 is 0 Å². The van der Waals surface area contributed by atoms with Crippen LogP contribution in [0.1, 0.15) is 25.8 Å². The van der Waals surface area contributed by atoms with Crippen LogP contribution in [0.4, 0.5) is 0 Å². The summed E-state index contributed by atoms with van der Waals surface area (Å²) in [6.07, 6.45) is 4.81. The van der Waals surface area contributed by atoms with Crippen LogP contribution in [0.3, 0.4) is 0 Å². The van der Waals surface area contributed by atoms with Crippen LogP contribution in [0, 0.1) is 5.92 Å². The van der Waals surface area contributed by atoms with Crippen LogP contribution in [-0.4, -0.2) is 38.1 Å². The molecule has 206 valence electrons. The molecule has 0 fully saturated rings. The summed E-state index contributed by atoms with van der Waals surface area (Å²) >= 11 is 1.30. The number of aromatic nitrogens is 5. The van der Waals surface area contributed by atoms with E-state index in [0.717, 1.165) is 46.0 Å². The number of ether oxygens (including phenoxy) is 2. The van der Waals surface area contributed by atoms with Gasteiger partial charge in [-0.3, -0.25) is 4.79 Å². The topological polar surface area (TPSA) is 83.5 Å². The van der Waals surface area contributed by atoms with Crippen LogP contribution in [0.15, 0.2) is 89.9 Å². The summed E-state index contributed by atoms with van der Waals surface area (Å²) < 4.78 is 14.9. The van der Waals surface area contributed by atoms with Crippen LogP contribution in [0.5, 0.6) is 11.5 Å². The Morgan fingerprint density at radius 1 is 0.902 bits per heavy atom. The van der Waals surface area contributed by atoms with Crippen LogP contribution < -0.4 is 19.6 Å². The molecule has 0 aliphatic heterocycles. The van der Waals surface area contributed by atoms with Gasteiger partial charge in [0.05, 0.1) is 23.9 Å². The van der Waals surface area contributed by atoms with E-state index in [-0.39, 0.29) is 5.56 Å². The first-order valence-corrected chi connectivity index (χ1v) is 14.2. The molecule has 6 rings (SSSR count). The summed E-state index contributed by atoms with van der Waals surface area (Å²) in [5.74, 6) is 2.65. The second kappa shape index (κ2) is 11.4. The molecule has 41 heavy (non-hydrogen) atoms. The summed E-state index contributed by atoms with van der Waals surface area (Å²) in [6.45, 7) is 5.04. The zero-order valence-electron chi connectivity index (χ0n) is 23.0. The van der Waals surface area contributed by atoms with Crippen LogP contribution in [0.25, 0.3) is 39.4 Å². The Kier molecular flexibility index (Phi) is 7.35. The Morgan fingerprint density at radius 3 is 2.29 bits per heavy atom. The van der Waals surface area contributed by atoms with E-state index in [4.69, 9.17) is 14.6 Å². The van der Waals surface area contributed by atoms with Gasteiger partial charge in [-0.15, -0.1) is 5.10 Å². The number of thiazole rings is 1. The molecule has 3 heterocycles. The smallest absolute Gasteiger partial charge is 0.291 e. The van der Waals surface area contributed by atoms with Crippen molar-refractivity contribution >= 4 is 22.4 Å². The molecule has 0 amide bonds. The number of methoxy groups -OCH3 is 1. The molecule has 0 spiro atoms. The number of nitrogens with zero attached hydrogens (tertiary/aromatic N) is 5. The maximum absolute atomic E-state index is 13.4. The van der Waals surface area contributed by atoms with Crippen molar-refractivity contribution in [1.29, 1.82) is 0 Å². The van der Waals surface area contributed by atoms with E-state index < -0.39 is 0 Å². The Bertz CT molecular complexity index is 1890. The van der Waals surface area contributed by atoms with Crippen molar-refractivity contribution < 1.29 is 9.47 Å². The van der Waals surface area contributed by atoms with Gasteiger partial charge in [0.2, 0.25) is 4.96 Å². The minimum Gasteiger partial charge on any atom is -0.497 e. The zero-order chi connectivity index (χ0) is 28.3. The molecule has 0 aliphatic carbocycles. The van der Waals surface area contributed by atoms with Gasteiger partial charge in [-0.2, -0.15) is 14.6 Å². The first-order valence-electron chi connectivity index (χ1n) is 13.4. The van der Waals surface area contributed by atoms with Gasteiger partial charge in [0, 0.05) is 22.9 Å². The van der Waals surface area contributed by atoms with Crippen molar-refractivity contribution in [2.75, 3.05) is 13.7 Å². The van der Waals surface area contributed by atoms with Gasteiger partial charge >= 0.3 is 0 Å². The summed E-state index contributed by atoms with van der Waals surface area (Å²) in [5.41, 5.74) is 4.03. The van der Waals surface area contributed by atoms with Crippen molar-refractivity contribution in [3.05, 3.63) is 106 Å². The standard InChI is InChI=1S/C32H29N5O3S/c1-21(2)17-18-40-27-15-9-22(10-16-27)29-24(20-36(34-29)25-7-5-4-6-8-25)19-28-31(38)37-32(41-28)33-30(35-37)23-11-13-26(39-3)14-12-23/h4-16,19-21H,17-18H2,1-3H3. The maximum Gasteiger partial charge on any atom is 0.291 e. The highest BCUT2D eigenvalue weighted by molar-refractivity contribution is 7.15. The second-order valence-electron chi connectivity index (χ2n) is 10.0. The van der Waals surface area contributed by atoms with Gasteiger partial charge in [-0.1, -0.05) is 43.4 Å². The highest BCUT2D eigenvalue weighted by Gasteiger charge is 2.15. The minimum atomic E-state index is -0.218. The largest absolute Gasteiger partial charge is 0.497 e. The van der Waals surface area contributed by atoms with Gasteiger partial charge in [-0.25, -0.2) is 4.68 Å². The lowest BCUT2D eigenvalue weighted by Gasteiger charge is -2.08. The van der Waals surface area contributed by atoms with Crippen molar-refractivity contribution in [3.8, 4) is 39.8 Å². The first kappa shape index (κ1) is 26.5. The predicted molar refractivity (Wildman–Crippen MR) is 162 cm³/mol. The first-order chi connectivity index (χ1) is 20.0. The summed E-state index contributed by atoms with van der Waals surface area (Å²) in [7, 11) is 1.62. The molecule has 0 aliphatic rings. The lowest BCUT2D eigenvalue weighted by Crippen LogP contribution is -2.23. The van der Waals surface area contributed by atoms with E-state index in [9.17, 15) is 4.79 Å². The molecule has 3 aromatic carbocycles. The molecule has 8 nitrogen and oxygen atoms in total. The van der Waals surface area contributed by atoms with E-state index in [2.05, 4.69) is 23.9 Å². The molecular weight excluding hydrogens is 534 g/mol. The average molecular weight is 564 g/mol. The quantitative estimate of drug-likeness (QED) is 0.226. The maximum atomic E-state index is 13.4. The third kappa shape index (κ3) is 5.62. The van der Waals surface area contributed by atoms with E-state index in [1.165, 1.54) is 15.9 Å². The molecular formula is C32H29N5O3S. The number of fused-ring (bicyclic) bond motifs is 1. The van der Waals surface area contributed by atoms with Gasteiger partial charge in [-0.05, 0) is 79.1 Å². The molecule has 0 N–H and O–H groups in total. The molecule has 0 unspecified atom stereocenters. The molecule has 0 radical (unpaired) electrons. The third-order valence-corrected chi connectivity index (χ3v) is 7.63. The van der Waals surface area contributed by atoms with Crippen molar-refractivity contribution in [2.24, 2.45) is 5.92 Å². The summed E-state index contributed by atoms with van der Waals surface area (Å²) in [5, 5.41) is 9.39. The van der Waals surface area contributed by atoms with Crippen molar-refractivity contribution in [3.63, 3.8) is 0 Å². The monoisotopic (exact) mass is 563 g/mol. The summed E-state index contributed by atoms with van der Waals surface area (Å²) in [4.78, 5) is 18.5. The number of hydrogen-bond donors (Lipinski definition) is 0. The van der Waals surface area contributed by atoms with Gasteiger partial charge in [0.15, 0.2) is 5.82 Å². The fourth-order valence-electron chi connectivity index (χ4n) is 4.39. The molecule has 0 atom stereocenters. The van der Waals surface area contributed by atoms with Crippen molar-refractivity contribution in [1.82, 2.24) is 24.4 Å². The predicted octanol–water partition coefficient (Wildman–Crippen LogP) is 5.65. The SMILES string of the molecule is COc1ccc(-c2nc3sc(=Cc4cn(-c5ccccc5)nc4-c4ccc(OCCC(C)C)cc4)c(=O)n3n2)cc1. The van der Waals surface area contributed by atoms with Gasteiger partial charge in [0.25, 0.3) is 5.56 Å². The van der Waals surface area contributed by atoms with Crippen molar-refractivity contribution in [2.45, 2.75) is 20.3 Å². The molecule has 0 saturated heterocycles. The molecule has 9 heteroatoms. The Labute approximate surface area is 241 Å². The Balaban J connectivity index is 1.37. The average Bonchev–Trinajstić information content (AvgIpc) is 3.69. The fraction of sp³-hybridized carbons (Fsp3) is 0.188. The Hall–Kier alpha value is -4.76. The van der Waals surface area contributed by atoms with Crippen LogP contribution in [-0.2, 0) is 0 Å². The molecule has 6 aromatic rings. The number of hydrogen-bond acceptors (Lipinski definition) is 7. The van der Waals surface area contributed by atoms with E-state index in [0.29, 0.717) is 27.8 Å². The molecule has 3 aromatic heterocycles. The normalized spacial score (nSPS) is 12.0. The lowest BCUT2D eigenvalue weighted by molar-refractivity contribution is 0.289. The number of para-hydroxylation sites is 1. The number of rotatable bonds is 9. The zero-order valence-corrected chi connectivity index (χ0v) is 23.8. The Morgan fingerprint density at radius 2 is 1.61 bits per heavy atom. The lowest BCUT2D eigenvalue weighted by atomic mass is 10.1. The van der Waals surface area contributed by atoms with Crippen LogP contribution in [0.2, 0.25) is 0 Å².